The Balaban J connectivity index is 2.16. The average molecular weight is 270 g/mol. The third-order valence-corrected chi connectivity index (χ3v) is 3.66. The molecule has 114 valence electrons. The number of rotatable bonds is 10. The lowest BCUT2D eigenvalue weighted by Gasteiger charge is -2.27. The molecular weight excluding hydrogens is 236 g/mol. The van der Waals surface area contributed by atoms with Crippen LogP contribution in [-0.4, -0.2) is 50.3 Å². The normalized spacial score (nSPS) is 20.1. The van der Waals surface area contributed by atoms with E-state index in [0.717, 1.165) is 31.6 Å². The Hall–Kier alpha value is -0.120. The van der Waals surface area contributed by atoms with Crippen molar-refractivity contribution in [3.63, 3.8) is 0 Å². The Morgan fingerprint density at radius 1 is 1.16 bits per heavy atom. The van der Waals surface area contributed by atoms with Gasteiger partial charge in [0.05, 0.1) is 6.61 Å². The number of nitrogens with one attached hydrogen (secondary N) is 1. The summed E-state index contributed by atoms with van der Waals surface area (Å²) in [4.78, 5) is 2.57. The number of ether oxygens (including phenoxy) is 1. The minimum atomic E-state index is 0.703. The average Bonchev–Trinajstić information content (AvgIpc) is 2.80. The Kier molecular flexibility index (Phi) is 8.67. The monoisotopic (exact) mass is 270 g/mol. The van der Waals surface area contributed by atoms with Gasteiger partial charge in [0.15, 0.2) is 0 Å². The van der Waals surface area contributed by atoms with Crippen molar-refractivity contribution in [2.75, 3.05) is 39.4 Å². The molecular formula is C16H34N2O. The number of hydrogen-bond acceptors (Lipinski definition) is 3. The first-order valence-electron chi connectivity index (χ1n) is 8.11. The first-order valence-corrected chi connectivity index (χ1v) is 8.11. The van der Waals surface area contributed by atoms with Crippen molar-refractivity contribution < 1.29 is 4.74 Å². The van der Waals surface area contributed by atoms with E-state index in [1.165, 1.54) is 38.9 Å². The Morgan fingerprint density at radius 2 is 1.95 bits per heavy atom. The fourth-order valence-electron chi connectivity index (χ4n) is 2.61. The van der Waals surface area contributed by atoms with Crippen LogP contribution in [0.2, 0.25) is 0 Å². The molecule has 0 amide bonds. The maximum absolute atomic E-state index is 5.76. The highest BCUT2D eigenvalue weighted by molar-refractivity contribution is 4.78. The summed E-state index contributed by atoms with van der Waals surface area (Å²) >= 11 is 0. The second kappa shape index (κ2) is 9.73. The van der Waals surface area contributed by atoms with Gasteiger partial charge < -0.3 is 10.1 Å². The Morgan fingerprint density at radius 3 is 2.53 bits per heavy atom. The second-order valence-corrected chi connectivity index (χ2v) is 6.74. The van der Waals surface area contributed by atoms with Crippen LogP contribution in [0.4, 0.5) is 0 Å². The van der Waals surface area contributed by atoms with Crippen molar-refractivity contribution >= 4 is 0 Å². The van der Waals surface area contributed by atoms with E-state index < -0.39 is 0 Å². The molecule has 3 nitrogen and oxygen atoms in total. The fourth-order valence-corrected chi connectivity index (χ4v) is 2.61. The lowest BCUT2D eigenvalue weighted by atomic mass is 10.1. The van der Waals surface area contributed by atoms with Gasteiger partial charge in [0.2, 0.25) is 0 Å². The van der Waals surface area contributed by atoms with Gasteiger partial charge in [-0.25, -0.2) is 0 Å². The highest BCUT2D eigenvalue weighted by Crippen LogP contribution is 2.08. The summed E-state index contributed by atoms with van der Waals surface area (Å²) in [5, 5.41) is 3.59. The van der Waals surface area contributed by atoms with Gasteiger partial charge >= 0.3 is 0 Å². The van der Waals surface area contributed by atoms with Crippen molar-refractivity contribution in [1.29, 1.82) is 0 Å². The van der Waals surface area contributed by atoms with Crippen LogP contribution in [0, 0.1) is 11.8 Å². The van der Waals surface area contributed by atoms with Crippen LogP contribution in [0.15, 0.2) is 0 Å². The minimum absolute atomic E-state index is 0.703. The predicted molar refractivity (Wildman–Crippen MR) is 82.6 cm³/mol. The van der Waals surface area contributed by atoms with Gasteiger partial charge in [0, 0.05) is 32.3 Å². The highest BCUT2D eigenvalue weighted by atomic mass is 16.5. The van der Waals surface area contributed by atoms with E-state index in [0.29, 0.717) is 6.04 Å². The van der Waals surface area contributed by atoms with E-state index in [1.54, 1.807) is 0 Å². The molecule has 1 aliphatic heterocycles. The molecule has 19 heavy (non-hydrogen) atoms. The van der Waals surface area contributed by atoms with E-state index in [4.69, 9.17) is 4.74 Å². The predicted octanol–water partition coefficient (Wildman–Crippen LogP) is 2.76. The fraction of sp³-hybridized carbons (Fsp3) is 1.00. The molecule has 0 aromatic carbocycles. The zero-order valence-corrected chi connectivity index (χ0v) is 13.5. The third kappa shape index (κ3) is 8.61. The van der Waals surface area contributed by atoms with Crippen LogP contribution in [-0.2, 0) is 4.74 Å². The Bertz CT molecular complexity index is 213. The third-order valence-electron chi connectivity index (χ3n) is 3.66. The molecule has 0 aliphatic carbocycles. The molecule has 1 rings (SSSR count). The van der Waals surface area contributed by atoms with Crippen LogP contribution in [0.1, 0.15) is 47.0 Å². The molecule has 1 N–H and O–H groups in total. The second-order valence-electron chi connectivity index (χ2n) is 6.74. The molecule has 0 saturated carbocycles. The maximum Gasteiger partial charge on any atom is 0.0593 e. The summed E-state index contributed by atoms with van der Waals surface area (Å²) in [5.74, 6) is 1.48. The van der Waals surface area contributed by atoms with Crippen molar-refractivity contribution in [1.82, 2.24) is 10.2 Å². The van der Waals surface area contributed by atoms with E-state index in [9.17, 15) is 0 Å². The number of nitrogens with zero attached hydrogens (tertiary/aromatic N) is 1. The molecule has 1 heterocycles. The van der Waals surface area contributed by atoms with Gasteiger partial charge in [-0.15, -0.1) is 0 Å². The quantitative estimate of drug-likeness (QED) is 0.618. The molecule has 0 radical (unpaired) electrons. The van der Waals surface area contributed by atoms with E-state index in [1.807, 2.05) is 0 Å². The zero-order valence-electron chi connectivity index (χ0n) is 13.5. The lowest BCUT2D eigenvalue weighted by Crippen LogP contribution is -2.41. The van der Waals surface area contributed by atoms with Gasteiger partial charge in [-0.1, -0.05) is 27.7 Å². The first-order chi connectivity index (χ1) is 9.08. The van der Waals surface area contributed by atoms with Crippen molar-refractivity contribution in [3.8, 4) is 0 Å². The topological polar surface area (TPSA) is 24.5 Å². The van der Waals surface area contributed by atoms with Gasteiger partial charge in [0.25, 0.3) is 0 Å². The first kappa shape index (κ1) is 16.9. The molecule has 1 aliphatic rings. The SMILES string of the molecule is CC(C)CCOCCN(CC(C)C)CC1CCCN1. The molecule has 0 bridgehead atoms. The molecule has 1 atom stereocenters. The number of hydrogen-bond donors (Lipinski definition) is 1. The van der Waals surface area contributed by atoms with Crippen molar-refractivity contribution in [2.24, 2.45) is 11.8 Å². The smallest absolute Gasteiger partial charge is 0.0593 e. The summed E-state index contributed by atoms with van der Waals surface area (Å²) in [6, 6.07) is 0.703. The molecule has 3 heteroatoms. The van der Waals surface area contributed by atoms with Crippen LogP contribution in [0.5, 0.6) is 0 Å². The van der Waals surface area contributed by atoms with Gasteiger partial charge in [0.1, 0.15) is 0 Å². The minimum Gasteiger partial charge on any atom is -0.380 e. The van der Waals surface area contributed by atoms with Crippen LogP contribution in [0.25, 0.3) is 0 Å². The highest BCUT2D eigenvalue weighted by Gasteiger charge is 2.18. The lowest BCUT2D eigenvalue weighted by molar-refractivity contribution is 0.0894. The molecule has 0 aromatic rings. The van der Waals surface area contributed by atoms with E-state index in [2.05, 4.69) is 37.9 Å². The summed E-state index contributed by atoms with van der Waals surface area (Å²) in [7, 11) is 0. The van der Waals surface area contributed by atoms with Crippen molar-refractivity contribution in [2.45, 2.75) is 53.0 Å². The largest absolute Gasteiger partial charge is 0.380 e. The van der Waals surface area contributed by atoms with Gasteiger partial charge in [-0.2, -0.15) is 0 Å². The van der Waals surface area contributed by atoms with Crippen LogP contribution < -0.4 is 5.32 Å². The van der Waals surface area contributed by atoms with E-state index in [-0.39, 0.29) is 0 Å². The standard InChI is InChI=1S/C16H34N2O/c1-14(2)7-10-19-11-9-18(12-15(3)4)13-16-6-5-8-17-16/h14-17H,5-13H2,1-4H3. The Labute approximate surface area is 120 Å². The summed E-state index contributed by atoms with van der Waals surface area (Å²) in [6.07, 6.45) is 3.85. The van der Waals surface area contributed by atoms with Crippen molar-refractivity contribution in [3.05, 3.63) is 0 Å². The summed E-state index contributed by atoms with van der Waals surface area (Å²) in [5.41, 5.74) is 0. The molecule has 0 aromatic heterocycles. The van der Waals surface area contributed by atoms with Crippen LogP contribution >= 0.6 is 0 Å². The molecule has 1 unspecified atom stereocenters. The van der Waals surface area contributed by atoms with E-state index >= 15 is 0 Å². The van der Waals surface area contributed by atoms with Gasteiger partial charge in [-0.05, 0) is 37.6 Å². The molecule has 1 saturated heterocycles. The van der Waals surface area contributed by atoms with Crippen LogP contribution in [0.3, 0.4) is 0 Å². The molecule has 1 fully saturated rings. The summed E-state index contributed by atoms with van der Waals surface area (Å²) in [6.45, 7) is 15.5. The summed E-state index contributed by atoms with van der Waals surface area (Å²) < 4.78 is 5.76. The maximum atomic E-state index is 5.76. The van der Waals surface area contributed by atoms with Gasteiger partial charge in [-0.3, -0.25) is 4.90 Å². The molecule has 0 spiro atoms. The zero-order chi connectivity index (χ0) is 14.1.